The summed E-state index contributed by atoms with van der Waals surface area (Å²) in [6.45, 7) is 4.12. The van der Waals surface area contributed by atoms with Gasteiger partial charge in [-0.25, -0.2) is 24.0 Å². The number of para-hydroxylation sites is 4. The average Bonchev–Trinajstić information content (AvgIpc) is 1.71. The number of nitrogens with two attached hydrogens (primary N) is 1. The first-order chi connectivity index (χ1) is 44.5. The molecule has 4 aromatic carbocycles. The molecule has 0 aliphatic heterocycles. The number of carbonyl (C=O) groups is 4. The minimum absolute atomic E-state index is 0.0530. The summed E-state index contributed by atoms with van der Waals surface area (Å²) in [4.78, 5) is 164. The lowest BCUT2D eigenvalue weighted by Gasteiger charge is -2.22. The zero-order valence-corrected chi connectivity index (χ0v) is 51.2. The van der Waals surface area contributed by atoms with E-state index in [9.17, 15) is 62.6 Å². The molecule has 0 aliphatic carbocycles. The second-order valence-electron chi connectivity index (χ2n) is 21.9. The van der Waals surface area contributed by atoms with E-state index in [0.717, 1.165) is 23.8 Å². The standard InChI is InChI=1S/C64H70N12O17/c1-37-29-73(61(86)69-53(37)77)33-90-49(25-21-41-13-5-9-17-45(41)65)57(81)66-46-18-10-6-14-42(46)22-26-50(91-34-74-30-38(2)54(78)70-62(74)87)58(82)67-47-19-11-7-15-43(47)23-27-51(92-35-75-31-39(3)55(79)71-63(75)88)59(83)68-48-20-12-8-16-44(48)24-28-52(60(84)85)93-36-76-32-40(4)56(80)72-64(76)89/h5-20,29-32,49-52H,21-28,33-36,65H2,1-4H3,(H,66,81)(H,67,82)(H,68,83)(H,84,85)(H,69,77,86)(H,70,78,87)(H,71,79,88)(H,72,80,89)/t49-,50-,51-,52-/m0/s1. The molecule has 93 heavy (non-hydrogen) atoms. The van der Waals surface area contributed by atoms with Crippen LogP contribution in [0.4, 0.5) is 22.7 Å². The number of nitrogens with zero attached hydrogens (tertiary/aromatic N) is 4. The number of hydrogen-bond acceptors (Lipinski definition) is 17. The molecular weight excluding hydrogens is 1210 g/mol. The van der Waals surface area contributed by atoms with E-state index < -0.39 is 113 Å². The first-order valence-corrected chi connectivity index (χ1v) is 29.4. The highest BCUT2D eigenvalue weighted by Gasteiger charge is 2.27. The zero-order valence-electron chi connectivity index (χ0n) is 51.2. The van der Waals surface area contributed by atoms with Crippen LogP contribution >= 0.6 is 0 Å². The maximum atomic E-state index is 14.7. The fourth-order valence-corrected chi connectivity index (χ4v) is 9.82. The quantitative estimate of drug-likeness (QED) is 0.0282. The highest BCUT2D eigenvalue weighted by Crippen LogP contribution is 2.25. The predicted molar refractivity (Wildman–Crippen MR) is 341 cm³/mol. The third-order valence-electron chi connectivity index (χ3n) is 15.2. The lowest BCUT2D eigenvalue weighted by molar-refractivity contribution is -0.153. The Balaban J connectivity index is 1.00. The van der Waals surface area contributed by atoms with E-state index in [0.29, 0.717) is 34.5 Å². The van der Waals surface area contributed by atoms with Crippen LogP contribution < -0.4 is 66.7 Å². The number of carboxylic acid groups (broad SMARTS) is 1. The van der Waals surface area contributed by atoms with Gasteiger partial charge in [-0.05, 0) is 126 Å². The molecule has 3 amide bonds. The van der Waals surface area contributed by atoms with Crippen molar-refractivity contribution in [3.8, 4) is 0 Å². The van der Waals surface area contributed by atoms with Gasteiger partial charge < -0.3 is 45.7 Å². The van der Waals surface area contributed by atoms with Gasteiger partial charge in [0.1, 0.15) is 45.2 Å². The molecule has 0 radical (unpaired) electrons. The molecule has 4 aromatic heterocycles. The number of rotatable bonds is 31. The maximum Gasteiger partial charge on any atom is 0.332 e. The van der Waals surface area contributed by atoms with E-state index in [1.807, 2.05) is 6.07 Å². The molecule has 10 N–H and O–H groups in total. The Morgan fingerprint density at radius 3 is 0.935 bits per heavy atom. The van der Waals surface area contributed by atoms with Crippen LogP contribution in [0.25, 0.3) is 0 Å². The molecule has 488 valence electrons. The van der Waals surface area contributed by atoms with Gasteiger partial charge in [-0.2, -0.15) is 0 Å². The molecule has 8 aromatic rings. The lowest BCUT2D eigenvalue weighted by Crippen LogP contribution is -2.36. The minimum Gasteiger partial charge on any atom is -0.479 e. The van der Waals surface area contributed by atoms with Crippen molar-refractivity contribution in [2.24, 2.45) is 0 Å². The van der Waals surface area contributed by atoms with Crippen molar-refractivity contribution in [2.45, 2.75) is 130 Å². The van der Waals surface area contributed by atoms with Gasteiger partial charge in [0.2, 0.25) is 0 Å². The molecule has 0 saturated carbocycles. The molecular formula is C64H70N12O17. The van der Waals surface area contributed by atoms with Gasteiger partial charge in [-0.15, -0.1) is 0 Å². The van der Waals surface area contributed by atoms with Crippen molar-refractivity contribution >= 4 is 46.4 Å². The van der Waals surface area contributed by atoms with Crippen molar-refractivity contribution in [1.82, 2.24) is 38.2 Å². The predicted octanol–water partition coefficient (Wildman–Crippen LogP) is 2.81. The first-order valence-electron chi connectivity index (χ1n) is 29.4. The first kappa shape index (κ1) is 68.0. The summed E-state index contributed by atoms with van der Waals surface area (Å²) in [5.41, 5.74) is 5.29. The summed E-state index contributed by atoms with van der Waals surface area (Å²) < 4.78 is 28.3. The Morgan fingerprint density at radius 2 is 0.645 bits per heavy atom. The van der Waals surface area contributed by atoms with Crippen LogP contribution in [0.1, 0.15) is 70.2 Å². The van der Waals surface area contributed by atoms with E-state index in [1.54, 1.807) is 91.0 Å². The number of H-pyrrole nitrogens is 4. The Hall–Kier alpha value is -10.9. The number of amides is 3. The van der Waals surface area contributed by atoms with Crippen LogP contribution in [0.5, 0.6) is 0 Å². The van der Waals surface area contributed by atoms with Crippen LogP contribution in [0.3, 0.4) is 0 Å². The molecule has 4 atom stereocenters. The third-order valence-corrected chi connectivity index (χ3v) is 15.2. The van der Waals surface area contributed by atoms with E-state index in [1.165, 1.54) is 52.5 Å². The maximum absolute atomic E-state index is 14.7. The van der Waals surface area contributed by atoms with Gasteiger partial charge in [0.15, 0.2) is 6.10 Å². The number of nitrogen functional groups attached to an aromatic ring is 1. The van der Waals surface area contributed by atoms with Gasteiger partial charge in [-0.1, -0.05) is 72.8 Å². The summed E-state index contributed by atoms with van der Waals surface area (Å²) in [5.74, 6) is -3.27. The number of aryl methyl sites for hydroxylation is 8. The number of hydrogen-bond donors (Lipinski definition) is 9. The van der Waals surface area contributed by atoms with Crippen LogP contribution in [0.2, 0.25) is 0 Å². The van der Waals surface area contributed by atoms with Gasteiger partial charge in [0, 0.05) is 69.8 Å². The minimum atomic E-state index is -1.42. The smallest absolute Gasteiger partial charge is 0.332 e. The van der Waals surface area contributed by atoms with Crippen molar-refractivity contribution in [3.63, 3.8) is 0 Å². The third kappa shape index (κ3) is 18.6. The number of benzene rings is 4. The molecule has 29 nitrogen and oxygen atoms in total. The topological polar surface area (TPSA) is 407 Å². The number of aromatic nitrogens is 8. The van der Waals surface area contributed by atoms with Gasteiger partial charge >= 0.3 is 28.7 Å². The fourth-order valence-electron chi connectivity index (χ4n) is 9.82. The summed E-state index contributed by atoms with van der Waals surface area (Å²) in [7, 11) is 0. The molecule has 0 fully saturated rings. The summed E-state index contributed by atoms with van der Waals surface area (Å²) in [5, 5.41) is 18.8. The lowest BCUT2D eigenvalue weighted by atomic mass is 10.0. The second-order valence-corrected chi connectivity index (χ2v) is 21.9. The SMILES string of the molecule is Cc1cn(CO[C@@H](CCc2ccccc2NC(=O)[C@H](CCc2ccccc2NC(=O)[C@H](CCc2ccccc2NC(=O)[C@H](CCc2ccccc2N)OCn2cc(C)c(=O)[nH]c2=O)OCn2cc(C)c(=O)[nH]c2=O)OCn2cc(C)c(=O)[nH]c2=O)C(=O)O)c(=O)[nH]c1=O. The molecule has 0 aliphatic rings. The Labute approximate surface area is 527 Å². The normalized spacial score (nSPS) is 12.6. The number of ether oxygens (including phenoxy) is 4. The number of carbonyl (C=O) groups excluding carboxylic acids is 3. The number of aliphatic carboxylic acids is 1. The summed E-state index contributed by atoms with van der Waals surface area (Å²) in [6.07, 6.45) is 0.286. The molecule has 4 heterocycles. The molecule has 0 bridgehead atoms. The highest BCUT2D eigenvalue weighted by atomic mass is 16.5. The summed E-state index contributed by atoms with van der Waals surface area (Å²) >= 11 is 0. The number of nitrogens with one attached hydrogen (secondary N) is 7. The van der Waals surface area contributed by atoms with Crippen molar-refractivity contribution in [2.75, 3.05) is 21.7 Å². The summed E-state index contributed by atoms with van der Waals surface area (Å²) in [6, 6.07) is 27.2. The van der Waals surface area contributed by atoms with Gasteiger partial charge in [0.25, 0.3) is 40.0 Å². The molecule has 0 saturated heterocycles. The Morgan fingerprint density at radius 1 is 0.398 bits per heavy atom. The highest BCUT2D eigenvalue weighted by molar-refractivity contribution is 5.96. The van der Waals surface area contributed by atoms with Crippen molar-refractivity contribution < 1.29 is 43.2 Å². The van der Waals surface area contributed by atoms with E-state index >= 15 is 0 Å². The average molecular weight is 1280 g/mol. The number of anilines is 4. The Bertz CT molecular complexity index is 4540. The zero-order chi connectivity index (χ0) is 66.9. The van der Waals surface area contributed by atoms with Crippen LogP contribution in [0.15, 0.2) is 160 Å². The van der Waals surface area contributed by atoms with Crippen molar-refractivity contribution in [3.05, 3.63) is 250 Å². The van der Waals surface area contributed by atoms with E-state index in [-0.39, 0.29) is 85.3 Å². The molecule has 29 heteroatoms. The molecule has 0 spiro atoms. The van der Waals surface area contributed by atoms with Crippen LogP contribution in [-0.4, -0.2) is 91.4 Å². The van der Waals surface area contributed by atoms with Gasteiger partial charge in [0.05, 0.1) is 0 Å². The van der Waals surface area contributed by atoms with Crippen molar-refractivity contribution in [1.29, 1.82) is 0 Å². The largest absolute Gasteiger partial charge is 0.479 e. The molecule has 0 unspecified atom stereocenters. The van der Waals surface area contributed by atoms with E-state index in [2.05, 4.69) is 35.9 Å². The number of aromatic amines is 4. The van der Waals surface area contributed by atoms with E-state index in [4.69, 9.17) is 24.7 Å². The van der Waals surface area contributed by atoms with Gasteiger partial charge in [-0.3, -0.25) is 71.8 Å². The fraction of sp³-hybridized carbons (Fsp3) is 0.312. The van der Waals surface area contributed by atoms with Crippen LogP contribution in [0, 0.1) is 27.7 Å². The number of carboxylic acids is 1. The molecule has 8 rings (SSSR count). The monoisotopic (exact) mass is 1280 g/mol. The Kier molecular flexibility index (Phi) is 23.2. The second kappa shape index (κ2) is 31.7. The van der Waals surface area contributed by atoms with Crippen LogP contribution in [-0.2, 0) is 90.7 Å².